The molecule has 0 spiro atoms. The van der Waals surface area contributed by atoms with Crippen molar-refractivity contribution in [3.63, 3.8) is 0 Å². The molecule has 5 heteroatoms. The molecule has 0 fully saturated rings. The van der Waals surface area contributed by atoms with Gasteiger partial charge in [-0.1, -0.05) is 193 Å². The van der Waals surface area contributed by atoms with E-state index in [1.807, 2.05) is 109 Å². The zero-order valence-electron chi connectivity index (χ0n) is 59.3. The summed E-state index contributed by atoms with van der Waals surface area (Å²) in [5.74, 6) is 0.952. The van der Waals surface area contributed by atoms with Gasteiger partial charge >= 0.3 is 6.01 Å². The fraction of sp³-hybridized carbons (Fsp3) is 0.280. The maximum atomic E-state index is 9.67. The van der Waals surface area contributed by atoms with Gasteiger partial charge in [0, 0.05) is 50.9 Å². The molecule has 5 nitrogen and oxygen atoms in total. The van der Waals surface area contributed by atoms with Gasteiger partial charge in [0.15, 0.2) is 0 Å². The van der Waals surface area contributed by atoms with Crippen molar-refractivity contribution < 1.29 is 19.8 Å². The highest BCUT2D eigenvalue weighted by atomic mass is 16.5. The Kier molecular flexibility index (Phi) is 9.75. The number of pyridine rings is 1. The van der Waals surface area contributed by atoms with Gasteiger partial charge < -0.3 is 4.74 Å². The van der Waals surface area contributed by atoms with Crippen LogP contribution >= 0.6 is 0 Å². The Morgan fingerprint density at radius 1 is 0.550 bits per heavy atom. The number of aryl methyl sites for hydroxylation is 1. The number of para-hydroxylation sites is 4. The maximum Gasteiger partial charge on any atom is 0.503 e. The van der Waals surface area contributed by atoms with Crippen molar-refractivity contribution in [3.05, 3.63) is 215 Å². The highest BCUT2D eigenvalue weighted by Gasteiger charge is 2.41. The van der Waals surface area contributed by atoms with Crippen molar-refractivity contribution in [3.8, 4) is 50.7 Å². The van der Waals surface area contributed by atoms with E-state index >= 15 is 0 Å². The number of nitrogens with zero attached hydrogens (tertiary/aromatic N) is 4. The SMILES string of the molecule is [2H]c1c([2H])c(C(C)(C)C)c([2H])c([2H])c1-c1cccc(-c2cc(C(C)(C)C)cc(C(C)(C)C)c2)c1[N+]1=C=[N+](c2cccc(Oc3ccc4c5c([2H])c([2H])c([2H])c([2H])c5n(-c5cc(C([2H])([2H])[2H])c(-c6cccc7c6C(C)(C)CCC7(C)C)cn5)c4c3)c2)c2ccccc21. The van der Waals surface area contributed by atoms with Crippen molar-refractivity contribution in [2.75, 3.05) is 0 Å². The Hall–Kier alpha value is -8.11. The lowest BCUT2D eigenvalue weighted by molar-refractivity contribution is 0.333. The number of fused-ring (bicyclic) bond motifs is 5. The van der Waals surface area contributed by atoms with Crippen molar-refractivity contribution in [2.24, 2.45) is 0 Å². The topological polar surface area (TPSA) is 33.1 Å². The molecular weight excluding hydrogens is 973 g/mol. The monoisotopic (exact) mass is 1060 g/mol. The first-order valence-corrected chi connectivity index (χ1v) is 27.8. The first kappa shape index (κ1) is 41.0. The van der Waals surface area contributed by atoms with Crippen molar-refractivity contribution >= 4 is 50.6 Å². The van der Waals surface area contributed by atoms with E-state index in [0.717, 1.165) is 57.6 Å². The molecule has 12 rings (SSSR count). The third kappa shape index (κ3) is 9.30. The second-order valence-corrected chi connectivity index (χ2v) is 26.2. The van der Waals surface area contributed by atoms with E-state index < -0.39 is 24.4 Å². The fourth-order valence-corrected chi connectivity index (χ4v) is 11.7. The van der Waals surface area contributed by atoms with Crippen LogP contribution in [0.3, 0.4) is 0 Å². The van der Waals surface area contributed by atoms with Crippen molar-refractivity contribution in [1.82, 2.24) is 18.7 Å². The second kappa shape index (κ2) is 19.0. The number of aromatic nitrogens is 2. The molecule has 1 aliphatic carbocycles. The summed E-state index contributed by atoms with van der Waals surface area (Å²) in [6, 6.07) is 42.7. The molecule has 8 aromatic carbocycles. The van der Waals surface area contributed by atoms with E-state index in [0.29, 0.717) is 50.5 Å². The number of hydrogen-bond acceptors (Lipinski definition) is 2. The average Bonchev–Trinajstić information content (AvgIpc) is 1.70. The molecule has 0 bridgehead atoms. The highest BCUT2D eigenvalue weighted by Crippen LogP contribution is 2.51. The van der Waals surface area contributed by atoms with Gasteiger partial charge in [0.2, 0.25) is 11.4 Å². The maximum absolute atomic E-state index is 9.67. The molecule has 0 saturated heterocycles. The molecule has 0 saturated carbocycles. The predicted octanol–water partition coefficient (Wildman–Crippen LogP) is 20.4. The minimum Gasteiger partial charge on any atom is -0.457 e. The van der Waals surface area contributed by atoms with Crippen LogP contribution in [0.15, 0.2) is 182 Å². The molecule has 0 unspecified atom stereocenters. The van der Waals surface area contributed by atoms with E-state index in [1.165, 1.54) is 11.6 Å². The third-order valence-electron chi connectivity index (χ3n) is 16.4. The molecule has 3 heterocycles. The van der Waals surface area contributed by atoms with Gasteiger partial charge in [-0.2, -0.15) is 0 Å². The van der Waals surface area contributed by atoms with E-state index in [4.69, 9.17) is 16.6 Å². The molecule has 10 aromatic rings. The smallest absolute Gasteiger partial charge is 0.457 e. The van der Waals surface area contributed by atoms with Crippen molar-refractivity contribution in [2.45, 2.75) is 137 Å². The average molecular weight is 1060 g/mol. The van der Waals surface area contributed by atoms with Crippen LogP contribution in [-0.2, 0) is 27.1 Å². The molecule has 2 aliphatic rings. The standard InChI is InChI=1S/C75H76N4O/c1-48-40-68(76-46-62(48)61-27-21-28-63-69(61)75(13,14)39-38-74(63,11)12)79-64-29-16-15-24-59(64)60-37-36-56(45-67(60)79)80-55-23-19-22-54(44-55)77-47-78(66-31-18-17-30-65(66)77)70-57(49-32-34-51(35-33-49)71(2,3)4)25-20-26-58(70)50-41-52(72(5,6)7)43-53(42-50)73(8,9)10/h15-37,40-46H,38-39H2,1-14H3/q+2/i1D3,15D,16D,24D,29D,32D,33D,34D,35D. The Labute approximate surface area is 490 Å². The molecule has 0 N–H and O–H groups in total. The van der Waals surface area contributed by atoms with Crippen LogP contribution < -0.4 is 13.9 Å². The summed E-state index contributed by atoms with van der Waals surface area (Å²) >= 11 is 0. The van der Waals surface area contributed by atoms with Crippen LogP contribution in [0, 0.1) is 6.85 Å². The van der Waals surface area contributed by atoms with Gasteiger partial charge in [-0.3, -0.25) is 4.57 Å². The summed E-state index contributed by atoms with van der Waals surface area (Å²) in [5, 5.41) is 0.739. The number of benzene rings is 8. The number of hydrogen-bond donors (Lipinski definition) is 0. The van der Waals surface area contributed by atoms with Crippen LogP contribution in [0.4, 0.5) is 22.7 Å². The van der Waals surface area contributed by atoms with Gasteiger partial charge in [0.25, 0.3) is 11.4 Å². The molecule has 0 atom stereocenters. The first-order chi connectivity index (χ1) is 42.5. The normalized spacial score (nSPS) is 17.0. The Bertz CT molecular complexity index is 4750. The van der Waals surface area contributed by atoms with E-state index in [2.05, 4.69) is 99.5 Å². The number of rotatable bonds is 8. The molecule has 0 radical (unpaired) electrons. The Morgan fingerprint density at radius 3 is 1.88 bits per heavy atom. The summed E-state index contributed by atoms with van der Waals surface area (Å²) in [4.78, 5) is 5.01. The summed E-state index contributed by atoms with van der Waals surface area (Å²) in [6.07, 6.45) is 3.49. The van der Waals surface area contributed by atoms with Gasteiger partial charge in [-0.25, -0.2) is 4.98 Å². The zero-order valence-corrected chi connectivity index (χ0v) is 48.3. The minimum absolute atomic E-state index is 0.0611. The van der Waals surface area contributed by atoms with Crippen LogP contribution in [-0.4, -0.2) is 15.6 Å². The molecule has 80 heavy (non-hydrogen) atoms. The van der Waals surface area contributed by atoms with Gasteiger partial charge in [0.1, 0.15) is 17.3 Å². The summed E-state index contributed by atoms with van der Waals surface area (Å²) < 4.78 is 114. The summed E-state index contributed by atoms with van der Waals surface area (Å²) in [5.41, 5.74) is 10.4. The predicted molar refractivity (Wildman–Crippen MR) is 338 cm³/mol. The van der Waals surface area contributed by atoms with Crippen LogP contribution in [0.5, 0.6) is 11.5 Å². The Balaban J connectivity index is 1.04. The summed E-state index contributed by atoms with van der Waals surface area (Å²) in [7, 11) is 0. The second-order valence-electron chi connectivity index (χ2n) is 26.2. The van der Waals surface area contributed by atoms with E-state index in [9.17, 15) is 8.22 Å². The van der Waals surface area contributed by atoms with Gasteiger partial charge in [-0.05, 0) is 148 Å². The molecule has 1 aliphatic heterocycles. The first-order valence-electron chi connectivity index (χ1n) is 33.3. The highest BCUT2D eigenvalue weighted by molar-refractivity contribution is 6.09. The molecular formula is C75H76N4O+2. The lowest BCUT2D eigenvalue weighted by Crippen LogP contribution is -2.34. The third-order valence-corrected chi connectivity index (χ3v) is 16.4. The zero-order chi connectivity index (χ0) is 65.7. The molecule has 2 aromatic heterocycles. The Morgan fingerprint density at radius 2 is 1.18 bits per heavy atom. The fourth-order valence-electron chi connectivity index (χ4n) is 11.7. The lowest BCUT2D eigenvalue weighted by atomic mass is 9.61. The number of ether oxygens (including phenoxy) is 1. The summed E-state index contributed by atoms with van der Waals surface area (Å²) in [6.45, 7) is 25.1. The van der Waals surface area contributed by atoms with Crippen LogP contribution in [0.2, 0.25) is 0 Å². The van der Waals surface area contributed by atoms with Gasteiger partial charge in [0.05, 0.1) is 39.2 Å². The lowest BCUT2D eigenvalue weighted by Gasteiger charge is -2.43. The van der Waals surface area contributed by atoms with E-state index in [-0.39, 0.29) is 85.8 Å². The van der Waals surface area contributed by atoms with Crippen LogP contribution in [0.1, 0.15) is 151 Å². The molecule has 400 valence electrons. The van der Waals surface area contributed by atoms with Gasteiger partial charge in [-0.15, -0.1) is 0 Å². The molecule has 0 amide bonds. The quantitative estimate of drug-likeness (QED) is 0.142. The van der Waals surface area contributed by atoms with Crippen molar-refractivity contribution in [1.29, 1.82) is 0 Å². The van der Waals surface area contributed by atoms with E-state index in [1.54, 1.807) is 29.0 Å². The van der Waals surface area contributed by atoms with Crippen LogP contribution in [0.25, 0.3) is 61.0 Å². The largest absolute Gasteiger partial charge is 0.503 e. The minimum atomic E-state index is -2.61.